The van der Waals surface area contributed by atoms with E-state index >= 15 is 0 Å². The molecule has 686 valence electrons. The Morgan fingerprint density at radius 3 is 0.847 bits per heavy atom. The fourth-order valence-corrected chi connectivity index (χ4v) is 20.3. The molecule has 2 aliphatic heterocycles. The molecule has 12 aromatic carbocycles. The van der Waals surface area contributed by atoms with Crippen molar-refractivity contribution >= 4 is 139 Å². The number of allylic oxidation sites excluding steroid dienone is 5. The summed E-state index contributed by atoms with van der Waals surface area (Å²) in [7, 11) is 0. The number of aromatic amines is 9. The van der Waals surface area contributed by atoms with E-state index in [4.69, 9.17) is 9.97 Å². The average Bonchev–Trinajstić information content (AvgIpc) is 1.59. The van der Waals surface area contributed by atoms with Gasteiger partial charge in [-0.3, -0.25) is 0 Å². The maximum Gasteiger partial charge on any atom is 0.117 e. The molecule has 19 N–H and O–H groups in total. The Morgan fingerprint density at radius 2 is 0.479 bits per heavy atom. The molecule has 3 aliphatic carbocycles. The molecule has 0 saturated heterocycles. The number of benzene rings is 12. The summed E-state index contributed by atoms with van der Waals surface area (Å²) in [6, 6.07) is 73.8. The van der Waals surface area contributed by atoms with Crippen LogP contribution in [0.3, 0.4) is 0 Å². The molecular formula is C123H79N11O10. The minimum absolute atomic E-state index is 0.164. The van der Waals surface area contributed by atoms with Crippen molar-refractivity contribution in [3.8, 4) is 160 Å². The highest BCUT2D eigenvalue weighted by Crippen LogP contribution is 2.47. The molecule has 22 aromatic rings. The van der Waals surface area contributed by atoms with Crippen molar-refractivity contribution in [2.75, 3.05) is 0 Å². The van der Waals surface area contributed by atoms with Crippen LogP contribution in [0.1, 0.15) is 95.1 Å². The van der Waals surface area contributed by atoms with Crippen LogP contribution in [0.25, 0.3) is 195 Å². The molecule has 0 saturated carbocycles. The number of hydrogen-bond donors (Lipinski definition) is 19. The van der Waals surface area contributed by atoms with Crippen LogP contribution in [0.2, 0.25) is 0 Å². The number of aromatic nitrogens is 11. The maximum absolute atomic E-state index is 10.5. The summed E-state index contributed by atoms with van der Waals surface area (Å²) in [5.41, 5.74) is 36.2. The van der Waals surface area contributed by atoms with Crippen LogP contribution in [0, 0.1) is 47.4 Å². The van der Waals surface area contributed by atoms with Gasteiger partial charge in [0, 0.05) is 257 Å². The lowest BCUT2D eigenvalue weighted by atomic mass is 9.95. The van der Waals surface area contributed by atoms with Crippen molar-refractivity contribution in [3.05, 3.63) is 399 Å². The molecular weight excluding hydrogens is 1790 g/mol. The van der Waals surface area contributed by atoms with Crippen LogP contribution in [0.15, 0.2) is 304 Å². The van der Waals surface area contributed by atoms with E-state index in [1.165, 1.54) is 0 Å². The molecule has 0 radical (unpaired) electrons. The quantitative estimate of drug-likeness (QED) is 0.0691. The van der Waals surface area contributed by atoms with Gasteiger partial charge in [-0.25, -0.2) is 9.97 Å². The summed E-state index contributed by atoms with van der Waals surface area (Å²) >= 11 is 0. The second-order valence-corrected chi connectivity index (χ2v) is 36.1. The molecule has 0 amide bonds. The van der Waals surface area contributed by atoms with Crippen LogP contribution in [0.4, 0.5) is 0 Å². The van der Waals surface area contributed by atoms with E-state index in [1.807, 2.05) is 140 Å². The van der Waals surface area contributed by atoms with Crippen molar-refractivity contribution in [1.29, 1.82) is 0 Å². The Morgan fingerprint density at radius 1 is 0.208 bits per heavy atom. The van der Waals surface area contributed by atoms with Crippen molar-refractivity contribution in [3.63, 3.8) is 0 Å². The first-order valence-electron chi connectivity index (χ1n) is 46.6. The van der Waals surface area contributed by atoms with Gasteiger partial charge < -0.3 is 95.9 Å². The van der Waals surface area contributed by atoms with E-state index in [0.29, 0.717) is 6.42 Å². The lowest BCUT2D eigenvalue weighted by Gasteiger charge is -2.09. The summed E-state index contributed by atoms with van der Waals surface area (Å²) in [5, 5.41) is 107. The fourth-order valence-electron chi connectivity index (χ4n) is 20.3. The van der Waals surface area contributed by atoms with E-state index in [2.05, 4.69) is 165 Å². The highest BCUT2D eigenvalue weighted by atomic mass is 16.3. The molecule has 144 heavy (non-hydrogen) atoms. The monoisotopic (exact) mass is 1870 g/mol. The van der Waals surface area contributed by atoms with Gasteiger partial charge >= 0.3 is 0 Å². The first-order valence-corrected chi connectivity index (χ1v) is 46.6. The number of hydrogen-bond acceptors (Lipinski definition) is 12. The third-order valence-electron chi connectivity index (χ3n) is 27.1. The van der Waals surface area contributed by atoms with Crippen molar-refractivity contribution in [2.24, 2.45) is 0 Å². The minimum atomic E-state index is 0.164. The first-order chi connectivity index (χ1) is 70.3. The number of nitrogens with zero attached hydrogens (tertiary/aromatic N) is 2. The SMILES string of the molecule is Oc1ccc2c(c1)CC=C2C#Cc1cc(-c2c[nH]c3cc(O)ccc23)cc(-c2c[nH]c3cc(O)ccc23)c1.Oc1ccc2c(c1)CC=C2C#Cc1cc(C#Cc2c[nH]c3cc(O)ccc23)cc(C#Cc2c[nH]c3cc(O)ccc23)c1.Oc1ccc2c(c1)CC=C2c1c2nc(c(-c3c[nH]c4cc(O)ccc34)c3ccc([nH]3)c(-c3c[nH]c4cc(O)ccc34)c3nc(c(-c4c[nH]c5cc(O)ccc45)c4ccc1[nH]4)C=C3)C=C2. The van der Waals surface area contributed by atoms with E-state index in [0.717, 1.165) is 279 Å². The zero-order valence-electron chi connectivity index (χ0n) is 76.2. The van der Waals surface area contributed by atoms with E-state index in [1.54, 1.807) is 115 Å². The van der Waals surface area contributed by atoms with Gasteiger partial charge in [-0.05, 0) is 288 Å². The highest BCUT2D eigenvalue weighted by Gasteiger charge is 2.28. The predicted molar refractivity (Wildman–Crippen MR) is 571 cm³/mol. The smallest absolute Gasteiger partial charge is 0.117 e. The lowest BCUT2D eigenvalue weighted by Crippen LogP contribution is -1.93. The normalized spacial score (nSPS) is 12.5. The van der Waals surface area contributed by atoms with Gasteiger partial charge in [-0.15, -0.1) is 0 Å². The largest absolute Gasteiger partial charge is 0.508 e. The molecule has 5 aliphatic rings. The third kappa shape index (κ3) is 15.7. The number of H-pyrrole nitrogens is 9. The van der Waals surface area contributed by atoms with Crippen LogP contribution in [-0.4, -0.2) is 106 Å². The number of aromatic hydroxyl groups is 10. The van der Waals surface area contributed by atoms with Gasteiger partial charge in [0.05, 0.1) is 44.9 Å². The maximum atomic E-state index is 10.5. The van der Waals surface area contributed by atoms with Gasteiger partial charge in [0.15, 0.2) is 0 Å². The predicted octanol–water partition coefficient (Wildman–Crippen LogP) is 25.6. The van der Waals surface area contributed by atoms with E-state index in [-0.39, 0.29) is 57.5 Å². The number of phenols is 10. The molecule has 8 bridgehead atoms. The molecule has 0 unspecified atom stereocenters. The average molecular weight is 1870 g/mol. The molecule has 10 aromatic heterocycles. The highest BCUT2D eigenvalue weighted by molar-refractivity contribution is 6.11. The van der Waals surface area contributed by atoms with Gasteiger partial charge in [-0.2, -0.15) is 0 Å². The van der Waals surface area contributed by atoms with E-state index in [9.17, 15) is 51.1 Å². The van der Waals surface area contributed by atoms with Crippen LogP contribution < -0.4 is 0 Å². The Labute approximate surface area is 819 Å². The topological polar surface area (TPSA) is 370 Å². The summed E-state index contributed by atoms with van der Waals surface area (Å²) in [4.78, 5) is 41.6. The Kier molecular flexibility index (Phi) is 20.3. The minimum Gasteiger partial charge on any atom is -0.508 e. The summed E-state index contributed by atoms with van der Waals surface area (Å²) in [6.07, 6.45) is 30.2. The van der Waals surface area contributed by atoms with Crippen molar-refractivity contribution < 1.29 is 51.1 Å². The van der Waals surface area contributed by atoms with Gasteiger partial charge in [0.2, 0.25) is 0 Å². The van der Waals surface area contributed by atoms with Crippen molar-refractivity contribution in [2.45, 2.75) is 19.3 Å². The van der Waals surface area contributed by atoms with E-state index < -0.39 is 0 Å². The molecule has 27 rings (SSSR count). The number of phenolic OH excluding ortho intramolecular Hbond substituents is 10. The van der Waals surface area contributed by atoms with Gasteiger partial charge in [0.25, 0.3) is 0 Å². The molecule has 21 heteroatoms. The third-order valence-corrected chi connectivity index (χ3v) is 27.1. The van der Waals surface area contributed by atoms with Crippen LogP contribution in [0.5, 0.6) is 57.5 Å². The number of rotatable bonds is 6. The number of nitrogens with one attached hydrogen (secondary N) is 9. The van der Waals surface area contributed by atoms with Crippen LogP contribution >= 0.6 is 0 Å². The molecule has 0 spiro atoms. The molecule has 0 atom stereocenters. The molecule has 0 fully saturated rings. The fraction of sp³-hybridized carbons (Fsp3) is 0.0244. The Bertz CT molecular complexity index is 9670. The standard InChI is InChI=1S/C53H35N7O4.C37H22N2O3.C33H22N2O3/c61-27-2-7-31-26(19-27)1-6-35(31)50-39-11-13-41(57-39)51(36-23-54-47-20-28(62)3-8-32(36)47)43-15-17-45(59-43)53(38-25-56-49-22-30(64)5-10-34(38)49)46-18-16-44(60-46)52(42-14-12-40(50)58-42)37-24-55-48-21-29(63)4-9-33(37)48;40-30-9-12-33-26(7-8-27(33)18-30)4-1-23-15-24(2-5-28-21-38-36-19-31(41)10-13-34(28)36)17-25(16-23)3-6-29-22-39-37-20-32(42)11-14-35(29)37;36-24-5-8-27-20(3-4-21(27)14-24)2-1-19-11-22(30-17-34-32-15-25(37)6-9-28(30)32)13-23(12-19)31-18-35-33-16-26(38)7-10-29(31)33/h2-25,54-57,60-64H,1H2;7,9-22,38-42H,8H2;3,5-18,34-38H,4H2. The van der Waals surface area contributed by atoms with Crippen molar-refractivity contribution in [1.82, 2.24) is 54.8 Å². The summed E-state index contributed by atoms with van der Waals surface area (Å²) in [5.74, 6) is 28.4. The zero-order chi connectivity index (χ0) is 97.2. The van der Waals surface area contributed by atoms with Crippen LogP contribution in [-0.2, 0) is 19.3 Å². The lowest BCUT2D eigenvalue weighted by molar-refractivity contribution is 0.474. The molecule has 12 heterocycles. The number of fused-ring (bicyclic) bond motifs is 18. The molecule has 21 nitrogen and oxygen atoms in total. The summed E-state index contributed by atoms with van der Waals surface area (Å²) in [6.45, 7) is 0. The van der Waals surface area contributed by atoms with Gasteiger partial charge in [0.1, 0.15) is 57.5 Å². The second kappa shape index (κ2) is 34.3. The Balaban J connectivity index is 0.000000119. The zero-order valence-corrected chi connectivity index (χ0v) is 76.2. The second-order valence-electron chi connectivity index (χ2n) is 36.1. The summed E-state index contributed by atoms with van der Waals surface area (Å²) < 4.78 is 0. The van der Waals surface area contributed by atoms with Gasteiger partial charge in [-0.1, -0.05) is 71.7 Å². The Hall–Kier alpha value is -20.5. The first kappa shape index (κ1) is 85.2.